The first kappa shape index (κ1) is 20.1. The van der Waals surface area contributed by atoms with Gasteiger partial charge in [-0.05, 0) is 48.3 Å². The lowest BCUT2D eigenvalue weighted by atomic mass is 9.72. The van der Waals surface area contributed by atoms with Gasteiger partial charge in [-0.3, -0.25) is 4.90 Å². The fourth-order valence-electron chi connectivity index (χ4n) is 5.66. The summed E-state index contributed by atoms with van der Waals surface area (Å²) < 4.78 is 5.73. The molecule has 3 atom stereocenters. The number of ether oxygens (including phenoxy) is 1. The predicted octanol–water partition coefficient (Wildman–Crippen LogP) is 6.01. The third-order valence-corrected chi connectivity index (χ3v) is 8.68. The highest BCUT2D eigenvalue weighted by Gasteiger charge is 2.48. The second kappa shape index (κ2) is 8.74. The van der Waals surface area contributed by atoms with E-state index in [0.29, 0.717) is 11.4 Å². The molecule has 3 unspecified atom stereocenters. The minimum Gasteiger partial charge on any atom is -0.371 e. The topological polar surface area (TPSA) is 12.5 Å². The summed E-state index contributed by atoms with van der Waals surface area (Å²) >= 11 is 2.06. The van der Waals surface area contributed by atoms with E-state index in [1.54, 1.807) is 0 Å². The summed E-state index contributed by atoms with van der Waals surface area (Å²) in [5, 5.41) is 0.728. The van der Waals surface area contributed by atoms with Crippen LogP contribution in [0, 0.1) is 5.92 Å². The molecular formula is C27H31NOS. The molecule has 2 saturated heterocycles. The maximum absolute atomic E-state index is 5.73. The van der Waals surface area contributed by atoms with Gasteiger partial charge in [0.15, 0.2) is 0 Å². The minimum atomic E-state index is -0.236. The standard InChI is InChI=1S/C27H31NOS/c1-29-26-19-21-20-28(18-17-25(21)30-26)27(22-11-5-2-6-12-22,23-13-7-3-8-14-23)24-15-9-4-10-16-24/h2-3,5-9,11-16,21,25-26H,4,10,17-20H2,1H3. The molecule has 2 aliphatic heterocycles. The van der Waals surface area contributed by atoms with Crippen LogP contribution in [0.2, 0.25) is 0 Å². The van der Waals surface area contributed by atoms with Crippen LogP contribution in [0.1, 0.15) is 36.8 Å². The molecule has 2 aromatic carbocycles. The maximum atomic E-state index is 5.73. The number of fused-ring (bicyclic) bond motifs is 1. The van der Waals surface area contributed by atoms with Crippen molar-refractivity contribution in [2.75, 3.05) is 20.2 Å². The Labute approximate surface area is 185 Å². The van der Waals surface area contributed by atoms with E-state index in [-0.39, 0.29) is 5.54 Å². The molecule has 2 heterocycles. The second-order valence-electron chi connectivity index (χ2n) is 8.65. The van der Waals surface area contributed by atoms with E-state index in [4.69, 9.17) is 4.74 Å². The summed E-state index contributed by atoms with van der Waals surface area (Å²) in [6.45, 7) is 2.23. The number of nitrogens with zero attached hydrogens (tertiary/aromatic N) is 1. The number of hydrogen-bond acceptors (Lipinski definition) is 3. The number of rotatable bonds is 5. The number of thioether (sulfide) groups is 1. The SMILES string of the molecule is COC1CC2CN(C(C3=CCCC=C3)(c3ccccc3)c3ccccc3)CCC2S1. The Kier molecular flexibility index (Phi) is 5.86. The molecule has 0 N–H and O–H groups in total. The van der Waals surface area contributed by atoms with Crippen molar-refractivity contribution in [3.63, 3.8) is 0 Å². The largest absolute Gasteiger partial charge is 0.371 e. The van der Waals surface area contributed by atoms with Gasteiger partial charge in [0.2, 0.25) is 0 Å². The highest BCUT2D eigenvalue weighted by Crippen LogP contribution is 2.50. The van der Waals surface area contributed by atoms with E-state index < -0.39 is 0 Å². The van der Waals surface area contributed by atoms with Gasteiger partial charge in [-0.1, -0.05) is 78.9 Å². The molecule has 0 aromatic heterocycles. The summed E-state index contributed by atoms with van der Waals surface area (Å²) in [4.78, 5) is 2.78. The molecule has 2 aromatic rings. The van der Waals surface area contributed by atoms with E-state index in [1.807, 2.05) is 7.11 Å². The van der Waals surface area contributed by atoms with Crippen LogP contribution in [-0.4, -0.2) is 35.8 Å². The Hall–Kier alpha value is -1.81. The first-order valence-corrected chi connectivity index (χ1v) is 12.2. The van der Waals surface area contributed by atoms with Gasteiger partial charge in [-0.15, -0.1) is 11.8 Å². The Morgan fingerprint density at radius 1 is 0.967 bits per heavy atom. The van der Waals surface area contributed by atoms with Gasteiger partial charge in [0.25, 0.3) is 0 Å². The number of methoxy groups -OCH3 is 1. The molecule has 1 aliphatic carbocycles. The maximum Gasteiger partial charge on any atom is 0.103 e. The van der Waals surface area contributed by atoms with Crippen LogP contribution in [0.15, 0.2) is 84.5 Å². The number of allylic oxidation sites excluding steroid dienone is 2. The molecule has 5 rings (SSSR count). The van der Waals surface area contributed by atoms with Crippen molar-refractivity contribution >= 4 is 11.8 Å². The highest BCUT2D eigenvalue weighted by molar-refractivity contribution is 8.00. The van der Waals surface area contributed by atoms with Gasteiger partial charge < -0.3 is 4.74 Å². The predicted molar refractivity (Wildman–Crippen MR) is 127 cm³/mol. The van der Waals surface area contributed by atoms with E-state index in [9.17, 15) is 0 Å². The molecule has 156 valence electrons. The smallest absolute Gasteiger partial charge is 0.103 e. The van der Waals surface area contributed by atoms with Crippen molar-refractivity contribution in [1.29, 1.82) is 0 Å². The van der Waals surface area contributed by atoms with Gasteiger partial charge in [-0.2, -0.15) is 0 Å². The lowest BCUT2D eigenvalue weighted by molar-refractivity contribution is 0.0829. The summed E-state index contributed by atoms with van der Waals surface area (Å²) in [7, 11) is 1.86. The zero-order valence-corrected chi connectivity index (χ0v) is 18.6. The van der Waals surface area contributed by atoms with Gasteiger partial charge in [0.1, 0.15) is 5.44 Å². The zero-order chi connectivity index (χ0) is 20.4. The van der Waals surface area contributed by atoms with Crippen LogP contribution in [0.25, 0.3) is 0 Å². The van der Waals surface area contributed by atoms with Crippen molar-refractivity contribution in [1.82, 2.24) is 4.90 Å². The van der Waals surface area contributed by atoms with Gasteiger partial charge in [0, 0.05) is 25.4 Å². The molecule has 0 saturated carbocycles. The molecule has 0 radical (unpaired) electrons. The first-order valence-electron chi connectivity index (χ1n) is 11.2. The van der Waals surface area contributed by atoms with Crippen LogP contribution in [-0.2, 0) is 10.3 Å². The zero-order valence-electron chi connectivity index (χ0n) is 17.7. The second-order valence-corrected chi connectivity index (χ2v) is 10.1. The Bertz CT molecular complexity index is 867. The van der Waals surface area contributed by atoms with Crippen LogP contribution in [0.5, 0.6) is 0 Å². The lowest BCUT2D eigenvalue weighted by Gasteiger charge is -2.50. The van der Waals surface area contributed by atoms with E-state index in [1.165, 1.54) is 23.1 Å². The molecule has 0 amide bonds. The first-order chi connectivity index (χ1) is 14.8. The average molecular weight is 418 g/mol. The van der Waals surface area contributed by atoms with Crippen LogP contribution >= 0.6 is 11.8 Å². The molecule has 0 spiro atoms. The summed E-state index contributed by atoms with van der Waals surface area (Å²) in [6, 6.07) is 22.3. The summed E-state index contributed by atoms with van der Waals surface area (Å²) in [6.07, 6.45) is 11.9. The van der Waals surface area contributed by atoms with Crippen LogP contribution < -0.4 is 0 Å². The number of hydrogen-bond donors (Lipinski definition) is 0. The third kappa shape index (κ3) is 3.47. The fraction of sp³-hybridized carbons (Fsp3) is 0.407. The minimum absolute atomic E-state index is 0.236. The van der Waals surface area contributed by atoms with E-state index in [2.05, 4.69) is 95.6 Å². The van der Waals surface area contributed by atoms with Gasteiger partial charge in [-0.25, -0.2) is 0 Å². The van der Waals surface area contributed by atoms with Gasteiger partial charge >= 0.3 is 0 Å². The molecule has 3 heteroatoms. The van der Waals surface area contributed by atoms with Crippen molar-refractivity contribution in [2.45, 2.75) is 41.9 Å². The van der Waals surface area contributed by atoms with E-state index >= 15 is 0 Å². The summed E-state index contributed by atoms with van der Waals surface area (Å²) in [5.41, 5.74) is 4.30. The Morgan fingerprint density at radius 2 is 1.67 bits per heavy atom. The number of piperidine rings is 1. The lowest BCUT2D eigenvalue weighted by Crippen LogP contribution is -2.54. The van der Waals surface area contributed by atoms with Crippen molar-refractivity contribution in [2.24, 2.45) is 5.92 Å². The fourth-order valence-corrected chi connectivity index (χ4v) is 7.18. The number of likely N-dealkylation sites (tertiary alicyclic amines) is 1. The Balaban J connectivity index is 1.65. The third-order valence-electron chi connectivity index (χ3n) is 7.02. The molecule has 30 heavy (non-hydrogen) atoms. The molecule has 2 nitrogen and oxygen atoms in total. The summed E-state index contributed by atoms with van der Waals surface area (Å²) in [5.74, 6) is 0.689. The monoisotopic (exact) mass is 417 g/mol. The van der Waals surface area contributed by atoms with Crippen molar-refractivity contribution in [3.8, 4) is 0 Å². The van der Waals surface area contributed by atoms with Crippen molar-refractivity contribution in [3.05, 3.63) is 95.6 Å². The molecule has 0 bridgehead atoms. The van der Waals surface area contributed by atoms with Crippen LogP contribution in [0.3, 0.4) is 0 Å². The molecular weight excluding hydrogens is 386 g/mol. The average Bonchev–Trinajstić information content (AvgIpc) is 3.25. The van der Waals surface area contributed by atoms with Crippen molar-refractivity contribution < 1.29 is 4.74 Å². The normalized spacial score (nSPS) is 27.0. The van der Waals surface area contributed by atoms with E-state index in [0.717, 1.165) is 37.6 Å². The number of benzene rings is 2. The van der Waals surface area contributed by atoms with Crippen LogP contribution in [0.4, 0.5) is 0 Å². The Morgan fingerprint density at radius 3 is 2.27 bits per heavy atom. The quantitative estimate of drug-likeness (QED) is 0.591. The molecule has 3 aliphatic rings. The highest BCUT2D eigenvalue weighted by atomic mass is 32.2. The van der Waals surface area contributed by atoms with Gasteiger partial charge in [0.05, 0.1) is 5.54 Å². The molecule has 2 fully saturated rings.